The summed E-state index contributed by atoms with van der Waals surface area (Å²) in [5, 5.41) is 2.89. The van der Waals surface area contributed by atoms with Gasteiger partial charge < -0.3 is 5.32 Å². The molecule has 16 heavy (non-hydrogen) atoms. The van der Waals surface area contributed by atoms with Crippen molar-refractivity contribution in [2.75, 3.05) is 11.2 Å². The molecular weight excluding hydrogens is 222 g/mol. The Hall–Kier alpha value is -1.02. The molecule has 0 radical (unpaired) electrons. The average molecular weight is 240 g/mol. The zero-order valence-corrected chi connectivity index (χ0v) is 10.8. The lowest BCUT2D eigenvalue weighted by molar-refractivity contribution is -0.115. The first-order chi connectivity index (χ1) is 7.45. The zero-order valence-electron chi connectivity index (χ0n) is 10.0. The first-order valence-corrected chi connectivity index (χ1v) is 5.94. The van der Waals surface area contributed by atoms with E-state index < -0.39 is 0 Å². The largest absolute Gasteiger partial charge is 0.326 e. The van der Waals surface area contributed by atoms with Gasteiger partial charge in [0.05, 0.1) is 0 Å². The Morgan fingerprint density at radius 1 is 1.31 bits per heavy atom. The summed E-state index contributed by atoms with van der Waals surface area (Å²) in [5.41, 5.74) is 2.04. The van der Waals surface area contributed by atoms with Gasteiger partial charge in [-0.1, -0.05) is 39.0 Å². The highest BCUT2D eigenvalue weighted by molar-refractivity contribution is 6.19. The summed E-state index contributed by atoms with van der Waals surface area (Å²) in [7, 11) is 0. The summed E-state index contributed by atoms with van der Waals surface area (Å²) in [6.07, 6.45) is 0.347. The van der Waals surface area contributed by atoms with Gasteiger partial charge in [-0.05, 0) is 17.0 Å². The summed E-state index contributed by atoms with van der Waals surface area (Å²) in [5.74, 6) is 0.315. The lowest BCUT2D eigenvalue weighted by Crippen LogP contribution is -2.18. The van der Waals surface area contributed by atoms with Gasteiger partial charge in [0.15, 0.2) is 0 Å². The van der Waals surface area contributed by atoms with Crippen LogP contribution in [-0.2, 0) is 10.2 Å². The number of alkyl halides is 1. The third kappa shape index (κ3) is 3.53. The maximum atomic E-state index is 11.5. The Morgan fingerprint density at radius 3 is 2.50 bits per heavy atom. The van der Waals surface area contributed by atoms with E-state index in [9.17, 15) is 4.79 Å². The normalized spacial score (nSPS) is 11.2. The summed E-state index contributed by atoms with van der Waals surface area (Å²) in [6, 6.07) is 7.87. The van der Waals surface area contributed by atoms with Crippen LogP contribution in [-0.4, -0.2) is 11.8 Å². The molecule has 1 N–H and O–H groups in total. The second-order valence-electron chi connectivity index (χ2n) is 4.78. The molecule has 0 bridgehead atoms. The molecule has 0 aromatic heterocycles. The molecule has 1 rings (SSSR count). The molecule has 0 aliphatic heterocycles. The number of halogens is 1. The van der Waals surface area contributed by atoms with E-state index in [0.29, 0.717) is 12.3 Å². The van der Waals surface area contributed by atoms with Crippen molar-refractivity contribution in [1.29, 1.82) is 0 Å². The molecule has 1 aromatic rings. The molecule has 88 valence electrons. The lowest BCUT2D eigenvalue weighted by atomic mass is 9.86. The summed E-state index contributed by atoms with van der Waals surface area (Å²) in [4.78, 5) is 11.5. The van der Waals surface area contributed by atoms with E-state index in [2.05, 4.69) is 26.1 Å². The fourth-order valence-corrected chi connectivity index (χ4v) is 1.72. The summed E-state index contributed by atoms with van der Waals surface area (Å²) < 4.78 is 0. The number of rotatable bonds is 3. The van der Waals surface area contributed by atoms with Crippen LogP contribution in [0.2, 0.25) is 0 Å². The Kier molecular flexibility index (Phi) is 4.36. The van der Waals surface area contributed by atoms with Gasteiger partial charge in [-0.3, -0.25) is 4.79 Å². The lowest BCUT2D eigenvalue weighted by Gasteiger charge is -2.22. The van der Waals surface area contributed by atoms with Gasteiger partial charge in [-0.2, -0.15) is 0 Å². The fraction of sp³-hybridized carbons (Fsp3) is 0.462. The molecule has 3 heteroatoms. The maximum Gasteiger partial charge on any atom is 0.225 e. The number of hydrogen-bond acceptors (Lipinski definition) is 1. The number of nitrogens with one attached hydrogen (secondary N) is 1. The third-order valence-electron chi connectivity index (χ3n) is 2.33. The second kappa shape index (κ2) is 5.35. The van der Waals surface area contributed by atoms with Crippen LogP contribution in [0.4, 0.5) is 5.69 Å². The van der Waals surface area contributed by atoms with Gasteiger partial charge in [0.25, 0.3) is 0 Å². The highest BCUT2D eigenvalue weighted by atomic mass is 35.5. The van der Waals surface area contributed by atoms with Crippen LogP contribution in [0.25, 0.3) is 0 Å². The van der Waals surface area contributed by atoms with Crippen molar-refractivity contribution in [3.63, 3.8) is 0 Å². The number of carbonyl (C=O) groups excluding carboxylic acids is 1. The topological polar surface area (TPSA) is 29.1 Å². The Labute approximate surface area is 102 Å². The van der Waals surface area contributed by atoms with Crippen molar-refractivity contribution in [1.82, 2.24) is 0 Å². The van der Waals surface area contributed by atoms with Crippen molar-refractivity contribution in [2.24, 2.45) is 0 Å². The van der Waals surface area contributed by atoms with Gasteiger partial charge in [0.1, 0.15) is 0 Å². The van der Waals surface area contributed by atoms with E-state index in [1.165, 1.54) is 0 Å². The molecule has 0 fully saturated rings. The zero-order chi connectivity index (χ0) is 12.2. The van der Waals surface area contributed by atoms with E-state index in [-0.39, 0.29) is 11.3 Å². The standard InChI is InChI=1S/C13H18ClNO/c1-13(2,3)10-6-4-5-7-11(10)15-12(16)8-9-14/h4-7H,8-9H2,1-3H3,(H,15,16). The molecule has 0 atom stereocenters. The van der Waals surface area contributed by atoms with Gasteiger partial charge in [0, 0.05) is 18.0 Å². The molecule has 0 saturated carbocycles. The van der Waals surface area contributed by atoms with Crippen molar-refractivity contribution < 1.29 is 4.79 Å². The van der Waals surface area contributed by atoms with Gasteiger partial charge in [-0.15, -0.1) is 11.6 Å². The fourth-order valence-electron chi connectivity index (χ4n) is 1.54. The van der Waals surface area contributed by atoms with Crippen LogP contribution >= 0.6 is 11.6 Å². The Balaban J connectivity index is 2.92. The first kappa shape index (κ1) is 13.0. The van der Waals surface area contributed by atoms with Crippen LogP contribution in [0, 0.1) is 0 Å². The van der Waals surface area contributed by atoms with E-state index in [1.807, 2.05) is 24.3 Å². The third-order valence-corrected chi connectivity index (χ3v) is 2.52. The number of carbonyl (C=O) groups is 1. The molecule has 0 aliphatic rings. The molecule has 1 amide bonds. The number of hydrogen-bond donors (Lipinski definition) is 1. The van der Waals surface area contributed by atoms with Crippen LogP contribution < -0.4 is 5.32 Å². The molecule has 0 spiro atoms. The molecule has 1 aromatic carbocycles. The van der Waals surface area contributed by atoms with Crippen molar-refractivity contribution in [3.05, 3.63) is 29.8 Å². The predicted molar refractivity (Wildman–Crippen MR) is 69.1 cm³/mol. The SMILES string of the molecule is CC(C)(C)c1ccccc1NC(=O)CCCl. The van der Waals surface area contributed by atoms with E-state index >= 15 is 0 Å². The van der Waals surface area contributed by atoms with Gasteiger partial charge in [0.2, 0.25) is 5.91 Å². The Bertz CT molecular complexity index is 368. The number of benzene rings is 1. The van der Waals surface area contributed by atoms with Crippen molar-refractivity contribution >= 4 is 23.2 Å². The van der Waals surface area contributed by atoms with E-state index in [4.69, 9.17) is 11.6 Å². The quantitative estimate of drug-likeness (QED) is 0.803. The minimum Gasteiger partial charge on any atom is -0.326 e. The summed E-state index contributed by atoms with van der Waals surface area (Å²) in [6.45, 7) is 6.37. The summed E-state index contributed by atoms with van der Waals surface area (Å²) >= 11 is 5.53. The molecule has 2 nitrogen and oxygen atoms in total. The monoisotopic (exact) mass is 239 g/mol. The minimum absolute atomic E-state index is 0.0187. The van der Waals surface area contributed by atoms with Crippen LogP contribution in [0.5, 0.6) is 0 Å². The molecule has 0 heterocycles. The van der Waals surface area contributed by atoms with Crippen molar-refractivity contribution in [3.8, 4) is 0 Å². The molecule has 0 saturated heterocycles. The molecule has 0 unspecified atom stereocenters. The number of amides is 1. The van der Waals surface area contributed by atoms with Crippen LogP contribution in [0.15, 0.2) is 24.3 Å². The molecule has 0 aliphatic carbocycles. The average Bonchev–Trinajstić information content (AvgIpc) is 2.17. The van der Waals surface area contributed by atoms with Gasteiger partial charge >= 0.3 is 0 Å². The van der Waals surface area contributed by atoms with Gasteiger partial charge in [-0.25, -0.2) is 0 Å². The van der Waals surface area contributed by atoms with E-state index in [0.717, 1.165) is 11.3 Å². The molecular formula is C13H18ClNO. The van der Waals surface area contributed by atoms with Crippen molar-refractivity contribution in [2.45, 2.75) is 32.6 Å². The highest BCUT2D eigenvalue weighted by Crippen LogP contribution is 2.29. The van der Waals surface area contributed by atoms with Crippen LogP contribution in [0.3, 0.4) is 0 Å². The van der Waals surface area contributed by atoms with Crippen LogP contribution in [0.1, 0.15) is 32.8 Å². The maximum absolute atomic E-state index is 11.5. The first-order valence-electron chi connectivity index (χ1n) is 5.40. The smallest absolute Gasteiger partial charge is 0.225 e. The number of anilines is 1. The number of para-hydroxylation sites is 1. The predicted octanol–water partition coefficient (Wildman–Crippen LogP) is 3.55. The highest BCUT2D eigenvalue weighted by Gasteiger charge is 2.18. The van der Waals surface area contributed by atoms with E-state index in [1.54, 1.807) is 0 Å². The second-order valence-corrected chi connectivity index (χ2v) is 5.16. The minimum atomic E-state index is -0.0355. The Morgan fingerprint density at radius 2 is 1.94 bits per heavy atom.